The van der Waals surface area contributed by atoms with E-state index in [9.17, 15) is 4.79 Å². The topological polar surface area (TPSA) is 41.5 Å². The van der Waals surface area contributed by atoms with E-state index in [1.165, 1.54) is 44.9 Å². The highest BCUT2D eigenvalue weighted by molar-refractivity contribution is 5.76. The van der Waals surface area contributed by atoms with Crippen LogP contribution in [0, 0.1) is 5.92 Å². The molecule has 0 aromatic heterocycles. The van der Waals surface area contributed by atoms with Gasteiger partial charge in [0.05, 0.1) is 0 Å². The number of rotatable bonds is 7. The molecule has 0 atom stereocenters. The van der Waals surface area contributed by atoms with E-state index in [0.29, 0.717) is 12.3 Å². The SMILES string of the molecule is CCCCCCC(=O)N/N=C/C1CCCCC1. The second-order valence-electron chi connectivity index (χ2n) is 5.02. The molecule has 1 fully saturated rings. The van der Waals surface area contributed by atoms with E-state index < -0.39 is 0 Å². The van der Waals surface area contributed by atoms with Crippen molar-refractivity contribution in [3.63, 3.8) is 0 Å². The fraction of sp³-hybridized carbons (Fsp3) is 0.857. The molecule has 0 bridgehead atoms. The molecule has 0 aliphatic heterocycles. The predicted octanol–water partition coefficient (Wildman–Crippen LogP) is 3.64. The van der Waals surface area contributed by atoms with Crippen molar-refractivity contribution in [2.75, 3.05) is 0 Å². The van der Waals surface area contributed by atoms with Gasteiger partial charge in [0.2, 0.25) is 5.91 Å². The van der Waals surface area contributed by atoms with Gasteiger partial charge in [0.1, 0.15) is 0 Å². The monoisotopic (exact) mass is 238 g/mol. The highest BCUT2D eigenvalue weighted by Crippen LogP contribution is 2.21. The lowest BCUT2D eigenvalue weighted by Gasteiger charge is -2.16. The first-order chi connectivity index (χ1) is 8.33. The molecule has 0 radical (unpaired) electrons. The Balaban J connectivity index is 2.03. The highest BCUT2D eigenvalue weighted by Gasteiger charge is 2.10. The molecule has 0 unspecified atom stereocenters. The van der Waals surface area contributed by atoms with Crippen molar-refractivity contribution < 1.29 is 4.79 Å². The van der Waals surface area contributed by atoms with Crippen LogP contribution in [-0.4, -0.2) is 12.1 Å². The third-order valence-corrected chi connectivity index (χ3v) is 3.38. The van der Waals surface area contributed by atoms with Gasteiger partial charge in [-0.2, -0.15) is 5.10 Å². The van der Waals surface area contributed by atoms with Crippen molar-refractivity contribution >= 4 is 12.1 Å². The standard InChI is InChI=1S/C14H26N2O/c1-2-3-4-8-11-14(17)16-15-12-13-9-6-5-7-10-13/h12-13H,2-11H2,1H3,(H,16,17)/b15-12+. The van der Waals surface area contributed by atoms with Gasteiger partial charge in [-0.3, -0.25) is 4.79 Å². The Hall–Kier alpha value is -0.860. The average molecular weight is 238 g/mol. The van der Waals surface area contributed by atoms with Crippen molar-refractivity contribution in [3.05, 3.63) is 0 Å². The summed E-state index contributed by atoms with van der Waals surface area (Å²) in [5, 5.41) is 4.07. The fourth-order valence-corrected chi connectivity index (χ4v) is 2.27. The van der Waals surface area contributed by atoms with Crippen LogP contribution in [0.2, 0.25) is 0 Å². The van der Waals surface area contributed by atoms with Gasteiger partial charge >= 0.3 is 0 Å². The summed E-state index contributed by atoms with van der Waals surface area (Å²) < 4.78 is 0. The Labute approximate surface area is 105 Å². The van der Waals surface area contributed by atoms with Gasteiger partial charge in [-0.15, -0.1) is 0 Å². The van der Waals surface area contributed by atoms with Crippen LogP contribution in [0.15, 0.2) is 5.10 Å². The normalized spacial score (nSPS) is 17.5. The molecule has 1 amide bonds. The number of amides is 1. The molecule has 1 aliphatic carbocycles. The molecule has 1 rings (SSSR count). The molecule has 0 aromatic carbocycles. The van der Waals surface area contributed by atoms with Crippen molar-refractivity contribution in [2.24, 2.45) is 11.0 Å². The quantitative estimate of drug-likeness (QED) is 0.410. The van der Waals surface area contributed by atoms with E-state index >= 15 is 0 Å². The molecule has 1 saturated carbocycles. The zero-order valence-electron chi connectivity index (χ0n) is 11.1. The second-order valence-corrected chi connectivity index (χ2v) is 5.02. The first-order valence-corrected chi connectivity index (χ1v) is 7.15. The maximum absolute atomic E-state index is 11.4. The Morgan fingerprint density at radius 1 is 1.24 bits per heavy atom. The number of carbonyl (C=O) groups is 1. The number of nitrogens with one attached hydrogen (secondary N) is 1. The van der Waals surface area contributed by atoms with Crippen LogP contribution in [0.3, 0.4) is 0 Å². The third-order valence-electron chi connectivity index (χ3n) is 3.38. The summed E-state index contributed by atoms with van der Waals surface area (Å²) in [4.78, 5) is 11.4. The minimum absolute atomic E-state index is 0.0631. The van der Waals surface area contributed by atoms with Gasteiger partial charge in [0.15, 0.2) is 0 Å². The molecule has 0 spiro atoms. The molecule has 0 aromatic rings. The summed E-state index contributed by atoms with van der Waals surface area (Å²) in [6.45, 7) is 2.18. The number of nitrogens with zero attached hydrogens (tertiary/aromatic N) is 1. The minimum atomic E-state index is 0.0631. The van der Waals surface area contributed by atoms with Crippen LogP contribution in [-0.2, 0) is 4.79 Å². The summed E-state index contributed by atoms with van der Waals surface area (Å²) in [5.41, 5.74) is 2.64. The van der Waals surface area contributed by atoms with Crippen molar-refractivity contribution in [1.82, 2.24) is 5.43 Å². The van der Waals surface area contributed by atoms with Gasteiger partial charge in [0.25, 0.3) is 0 Å². The van der Waals surface area contributed by atoms with Crippen LogP contribution >= 0.6 is 0 Å². The van der Waals surface area contributed by atoms with Gasteiger partial charge in [-0.25, -0.2) is 5.43 Å². The van der Waals surface area contributed by atoms with Crippen LogP contribution in [0.4, 0.5) is 0 Å². The number of unbranched alkanes of at least 4 members (excludes halogenated alkanes) is 3. The van der Waals surface area contributed by atoms with Gasteiger partial charge in [-0.1, -0.05) is 45.4 Å². The number of hydrogen-bond donors (Lipinski definition) is 1. The zero-order chi connectivity index (χ0) is 12.3. The molecule has 0 saturated heterocycles. The molecule has 1 aliphatic rings. The summed E-state index contributed by atoms with van der Waals surface area (Å²) in [5.74, 6) is 0.650. The van der Waals surface area contributed by atoms with E-state index in [0.717, 1.165) is 12.8 Å². The van der Waals surface area contributed by atoms with E-state index in [-0.39, 0.29) is 5.91 Å². The third kappa shape index (κ3) is 7.14. The van der Waals surface area contributed by atoms with E-state index in [2.05, 4.69) is 17.5 Å². The zero-order valence-corrected chi connectivity index (χ0v) is 11.1. The second kappa shape index (κ2) is 9.20. The van der Waals surface area contributed by atoms with Crippen LogP contribution in [0.5, 0.6) is 0 Å². The number of carbonyl (C=O) groups excluding carboxylic acids is 1. The Morgan fingerprint density at radius 2 is 2.00 bits per heavy atom. The summed E-state index contributed by atoms with van der Waals surface area (Å²) >= 11 is 0. The van der Waals surface area contributed by atoms with Crippen molar-refractivity contribution in [1.29, 1.82) is 0 Å². The largest absolute Gasteiger partial charge is 0.273 e. The van der Waals surface area contributed by atoms with E-state index in [4.69, 9.17) is 0 Å². The molecule has 0 heterocycles. The summed E-state index contributed by atoms with van der Waals surface area (Å²) in [6.07, 6.45) is 13.5. The average Bonchev–Trinajstić information content (AvgIpc) is 2.36. The van der Waals surface area contributed by atoms with Crippen molar-refractivity contribution in [3.8, 4) is 0 Å². The lowest BCUT2D eigenvalue weighted by Crippen LogP contribution is -2.18. The van der Waals surface area contributed by atoms with E-state index in [1.54, 1.807) is 0 Å². The van der Waals surface area contributed by atoms with Crippen LogP contribution < -0.4 is 5.43 Å². The predicted molar refractivity (Wildman–Crippen MR) is 72.0 cm³/mol. The number of hydrazone groups is 1. The smallest absolute Gasteiger partial charge is 0.240 e. The van der Waals surface area contributed by atoms with Crippen LogP contribution in [0.25, 0.3) is 0 Å². The number of hydrogen-bond acceptors (Lipinski definition) is 2. The Kier molecular flexibility index (Phi) is 7.69. The molecular formula is C14H26N2O. The summed E-state index contributed by atoms with van der Waals surface area (Å²) in [7, 11) is 0. The lowest BCUT2D eigenvalue weighted by molar-refractivity contribution is -0.121. The minimum Gasteiger partial charge on any atom is -0.273 e. The van der Waals surface area contributed by atoms with E-state index in [1.807, 2.05) is 6.21 Å². The van der Waals surface area contributed by atoms with Gasteiger partial charge in [0, 0.05) is 12.6 Å². The Bertz CT molecular complexity index is 232. The lowest BCUT2D eigenvalue weighted by atomic mass is 9.90. The first-order valence-electron chi connectivity index (χ1n) is 7.15. The van der Waals surface area contributed by atoms with Crippen molar-refractivity contribution in [2.45, 2.75) is 71.1 Å². The maximum Gasteiger partial charge on any atom is 0.240 e. The first kappa shape index (κ1) is 14.2. The highest BCUT2D eigenvalue weighted by atomic mass is 16.2. The maximum atomic E-state index is 11.4. The molecular weight excluding hydrogens is 212 g/mol. The Morgan fingerprint density at radius 3 is 2.71 bits per heavy atom. The molecule has 1 N–H and O–H groups in total. The van der Waals surface area contributed by atoms with Crippen LogP contribution in [0.1, 0.15) is 71.1 Å². The van der Waals surface area contributed by atoms with Gasteiger partial charge < -0.3 is 0 Å². The molecule has 3 heteroatoms. The van der Waals surface area contributed by atoms with Gasteiger partial charge in [-0.05, 0) is 25.2 Å². The fourth-order valence-electron chi connectivity index (χ4n) is 2.27. The molecule has 3 nitrogen and oxygen atoms in total. The molecule has 17 heavy (non-hydrogen) atoms. The molecule has 98 valence electrons. The summed E-state index contributed by atoms with van der Waals surface area (Å²) in [6, 6.07) is 0.